The minimum Gasteiger partial charge on any atom is -0.346 e. The average molecular weight is 632 g/mol. The molecular formula is C34H35F6N3O2. The van der Waals surface area contributed by atoms with Gasteiger partial charge in [0.1, 0.15) is 0 Å². The summed E-state index contributed by atoms with van der Waals surface area (Å²) in [6.07, 6.45) is -7.96. The summed E-state index contributed by atoms with van der Waals surface area (Å²) in [5, 5.41) is 3.02. The van der Waals surface area contributed by atoms with Crippen LogP contribution in [0.25, 0.3) is 0 Å². The minimum atomic E-state index is -5.01. The molecule has 2 amide bonds. The van der Waals surface area contributed by atoms with Crippen molar-refractivity contribution in [3.05, 3.63) is 107 Å². The third-order valence-electron chi connectivity index (χ3n) is 9.03. The standard InChI is InChI=1S/C34H35F6N3O2/c1-23(25-18-27(33(35,36)37)20-28(19-25)34(38,39)40)31(45)41-32(26-10-6-3-7-11-26)14-12-29(13-15-32)43-17-16-42(22-30(43)44)21-24-8-4-2-5-9-24/h2-11,18-20,23,29H,12-17,21-22H2,1H3,(H,41,45)/t23-,29?,32?/m0/s1. The van der Waals surface area contributed by atoms with E-state index in [4.69, 9.17) is 0 Å². The van der Waals surface area contributed by atoms with E-state index in [0.29, 0.717) is 57.5 Å². The van der Waals surface area contributed by atoms with Gasteiger partial charge in [-0.1, -0.05) is 60.7 Å². The van der Waals surface area contributed by atoms with Crippen LogP contribution in [-0.2, 0) is 34.0 Å². The number of halogens is 6. The zero-order valence-corrected chi connectivity index (χ0v) is 24.8. The average Bonchev–Trinajstić information content (AvgIpc) is 3.01. The molecule has 0 bridgehead atoms. The smallest absolute Gasteiger partial charge is 0.346 e. The molecule has 45 heavy (non-hydrogen) atoms. The number of alkyl halides is 6. The second-order valence-electron chi connectivity index (χ2n) is 12.0. The molecule has 1 saturated carbocycles. The largest absolute Gasteiger partial charge is 0.416 e. The molecule has 0 radical (unpaired) electrons. The van der Waals surface area contributed by atoms with Gasteiger partial charge in [-0.15, -0.1) is 0 Å². The summed E-state index contributed by atoms with van der Waals surface area (Å²) in [6, 6.07) is 20.3. The number of carbonyl (C=O) groups is 2. The second kappa shape index (κ2) is 12.9. The number of amides is 2. The van der Waals surface area contributed by atoms with Crippen molar-refractivity contribution in [1.29, 1.82) is 0 Å². The van der Waals surface area contributed by atoms with Crippen LogP contribution in [0.5, 0.6) is 0 Å². The number of piperazine rings is 1. The van der Waals surface area contributed by atoms with Crippen molar-refractivity contribution in [2.45, 2.75) is 69.0 Å². The van der Waals surface area contributed by atoms with E-state index in [1.807, 2.05) is 65.6 Å². The van der Waals surface area contributed by atoms with Gasteiger partial charge in [-0.3, -0.25) is 14.5 Å². The summed E-state index contributed by atoms with van der Waals surface area (Å²) in [6.45, 7) is 3.60. The van der Waals surface area contributed by atoms with E-state index < -0.39 is 40.8 Å². The number of nitrogens with one attached hydrogen (secondary N) is 1. The van der Waals surface area contributed by atoms with Crippen molar-refractivity contribution in [3.63, 3.8) is 0 Å². The normalized spacial score (nSPS) is 22.2. The van der Waals surface area contributed by atoms with Crippen LogP contribution in [0, 0.1) is 0 Å². The summed E-state index contributed by atoms with van der Waals surface area (Å²) in [7, 11) is 0. The molecule has 0 spiro atoms. The maximum atomic E-state index is 13.6. The van der Waals surface area contributed by atoms with Gasteiger partial charge in [0.15, 0.2) is 0 Å². The van der Waals surface area contributed by atoms with Crippen LogP contribution >= 0.6 is 0 Å². The summed E-state index contributed by atoms with van der Waals surface area (Å²) in [5.41, 5.74) is -2.25. The summed E-state index contributed by atoms with van der Waals surface area (Å²) in [4.78, 5) is 30.8. The summed E-state index contributed by atoms with van der Waals surface area (Å²) in [5.74, 6) is -1.92. The molecule has 1 atom stereocenters. The second-order valence-corrected chi connectivity index (χ2v) is 12.0. The van der Waals surface area contributed by atoms with Gasteiger partial charge in [-0.05, 0) is 67.5 Å². The predicted molar refractivity (Wildman–Crippen MR) is 157 cm³/mol. The Labute approximate surface area is 258 Å². The van der Waals surface area contributed by atoms with Crippen LogP contribution in [0.2, 0.25) is 0 Å². The Kier molecular flexibility index (Phi) is 9.30. The number of carbonyl (C=O) groups excluding carboxylic acids is 2. The highest BCUT2D eigenvalue weighted by Crippen LogP contribution is 2.41. The molecule has 240 valence electrons. The fourth-order valence-corrected chi connectivity index (χ4v) is 6.47. The van der Waals surface area contributed by atoms with E-state index in [1.165, 1.54) is 6.92 Å². The van der Waals surface area contributed by atoms with Crippen LogP contribution in [0.15, 0.2) is 78.9 Å². The Morgan fingerprint density at radius 3 is 1.96 bits per heavy atom. The van der Waals surface area contributed by atoms with E-state index in [1.54, 1.807) is 0 Å². The summed E-state index contributed by atoms with van der Waals surface area (Å²) >= 11 is 0. The van der Waals surface area contributed by atoms with Crippen LogP contribution in [0.3, 0.4) is 0 Å². The zero-order valence-electron chi connectivity index (χ0n) is 24.8. The number of rotatable bonds is 7. The SMILES string of the molecule is C[C@H](C(=O)NC1(c2ccccc2)CCC(N2CCN(Cc3ccccc3)CC2=O)CC1)c1cc(C(F)(F)F)cc(C(F)(F)F)c1. The van der Waals surface area contributed by atoms with Gasteiger partial charge in [-0.2, -0.15) is 26.3 Å². The Hall–Kier alpha value is -3.86. The Balaban J connectivity index is 1.31. The number of nitrogens with zero attached hydrogens (tertiary/aromatic N) is 2. The monoisotopic (exact) mass is 631 g/mol. The molecule has 1 saturated heterocycles. The third-order valence-corrected chi connectivity index (χ3v) is 9.03. The van der Waals surface area contributed by atoms with Crippen molar-refractivity contribution in [3.8, 4) is 0 Å². The summed E-state index contributed by atoms with van der Waals surface area (Å²) < 4.78 is 81.0. The molecular weight excluding hydrogens is 596 g/mol. The lowest BCUT2D eigenvalue weighted by Gasteiger charge is -2.46. The van der Waals surface area contributed by atoms with Crippen molar-refractivity contribution in [1.82, 2.24) is 15.1 Å². The first-order chi connectivity index (χ1) is 21.2. The molecule has 11 heteroatoms. The third kappa shape index (κ3) is 7.52. The van der Waals surface area contributed by atoms with Crippen molar-refractivity contribution < 1.29 is 35.9 Å². The first-order valence-corrected chi connectivity index (χ1v) is 15.0. The molecule has 1 heterocycles. The molecule has 1 N–H and O–H groups in total. The molecule has 0 unspecified atom stereocenters. The fourth-order valence-electron chi connectivity index (χ4n) is 6.47. The van der Waals surface area contributed by atoms with Crippen LogP contribution in [0.4, 0.5) is 26.3 Å². The number of hydrogen-bond acceptors (Lipinski definition) is 3. The van der Waals surface area contributed by atoms with Crippen molar-refractivity contribution in [2.75, 3.05) is 19.6 Å². The van der Waals surface area contributed by atoms with Gasteiger partial charge in [0.2, 0.25) is 11.8 Å². The zero-order chi connectivity index (χ0) is 32.4. The van der Waals surface area contributed by atoms with Gasteiger partial charge in [0.25, 0.3) is 0 Å². The van der Waals surface area contributed by atoms with Gasteiger partial charge in [-0.25, -0.2) is 0 Å². The topological polar surface area (TPSA) is 52.7 Å². The lowest BCUT2D eigenvalue weighted by molar-refractivity contribution is -0.143. The molecule has 2 fully saturated rings. The van der Waals surface area contributed by atoms with E-state index in [-0.39, 0.29) is 23.6 Å². The first-order valence-electron chi connectivity index (χ1n) is 15.0. The maximum absolute atomic E-state index is 13.6. The molecule has 0 aromatic heterocycles. The van der Waals surface area contributed by atoms with Crippen LogP contribution in [-0.4, -0.2) is 47.3 Å². The van der Waals surface area contributed by atoms with E-state index in [0.717, 1.165) is 17.7 Å². The lowest BCUT2D eigenvalue weighted by atomic mass is 9.74. The van der Waals surface area contributed by atoms with E-state index >= 15 is 0 Å². The number of hydrogen-bond donors (Lipinski definition) is 1. The highest BCUT2D eigenvalue weighted by atomic mass is 19.4. The van der Waals surface area contributed by atoms with Gasteiger partial charge in [0, 0.05) is 25.7 Å². The molecule has 5 nitrogen and oxygen atoms in total. The van der Waals surface area contributed by atoms with E-state index in [2.05, 4.69) is 10.2 Å². The molecule has 5 rings (SSSR count). The van der Waals surface area contributed by atoms with Crippen molar-refractivity contribution >= 4 is 11.8 Å². The van der Waals surface area contributed by atoms with Gasteiger partial charge < -0.3 is 10.2 Å². The van der Waals surface area contributed by atoms with E-state index in [9.17, 15) is 35.9 Å². The van der Waals surface area contributed by atoms with Gasteiger partial charge in [0.05, 0.1) is 29.1 Å². The van der Waals surface area contributed by atoms with Crippen molar-refractivity contribution in [2.24, 2.45) is 0 Å². The highest BCUT2D eigenvalue weighted by molar-refractivity contribution is 5.84. The Morgan fingerprint density at radius 2 is 1.42 bits per heavy atom. The quantitative estimate of drug-likeness (QED) is 0.283. The maximum Gasteiger partial charge on any atom is 0.416 e. The molecule has 3 aromatic carbocycles. The highest BCUT2D eigenvalue weighted by Gasteiger charge is 2.43. The minimum absolute atomic E-state index is 0.0389. The Morgan fingerprint density at radius 1 is 0.867 bits per heavy atom. The Bertz CT molecular complexity index is 1450. The molecule has 1 aliphatic carbocycles. The molecule has 2 aliphatic rings. The lowest BCUT2D eigenvalue weighted by Crippen LogP contribution is -2.57. The number of benzene rings is 3. The predicted octanol–water partition coefficient (Wildman–Crippen LogP) is 7.13. The molecule has 1 aliphatic heterocycles. The van der Waals surface area contributed by atoms with Gasteiger partial charge >= 0.3 is 12.4 Å². The fraction of sp³-hybridized carbons (Fsp3) is 0.412. The molecule has 3 aromatic rings. The van der Waals surface area contributed by atoms with Crippen LogP contribution < -0.4 is 5.32 Å². The van der Waals surface area contributed by atoms with Crippen LogP contribution in [0.1, 0.15) is 66.3 Å². The first kappa shape index (κ1) is 32.5.